The van der Waals surface area contributed by atoms with Crippen molar-refractivity contribution in [2.24, 2.45) is 0 Å². The number of hydrogen-bond acceptors (Lipinski definition) is 7. The highest BCUT2D eigenvalue weighted by molar-refractivity contribution is 7.20. The Labute approximate surface area is 155 Å². The van der Waals surface area contributed by atoms with Crippen LogP contribution in [-0.2, 0) is 4.74 Å². The molecule has 2 aromatic rings. The fraction of sp³-hybridized carbons (Fsp3) is 0.588. The minimum atomic E-state index is -0.337. The number of aromatic nitrogens is 2. The van der Waals surface area contributed by atoms with Crippen LogP contribution in [0.3, 0.4) is 0 Å². The van der Waals surface area contributed by atoms with Gasteiger partial charge in [0.05, 0.1) is 12.0 Å². The van der Waals surface area contributed by atoms with E-state index >= 15 is 0 Å². The molecule has 1 atom stereocenters. The van der Waals surface area contributed by atoms with Crippen LogP contribution in [0.25, 0.3) is 10.2 Å². The molecule has 0 bridgehead atoms. The fourth-order valence-electron chi connectivity index (χ4n) is 3.42. The molecule has 0 spiro atoms. The Bertz CT molecular complexity index is 778. The molecule has 0 radical (unpaired) electrons. The number of piperidine rings is 1. The van der Waals surface area contributed by atoms with Gasteiger partial charge in [-0.1, -0.05) is 0 Å². The molecule has 0 aliphatic carbocycles. The molecule has 25 heavy (non-hydrogen) atoms. The van der Waals surface area contributed by atoms with E-state index in [1.165, 1.54) is 11.3 Å². The normalized spacial score (nSPS) is 17.9. The summed E-state index contributed by atoms with van der Waals surface area (Å²) in [5.41, 5.74) is 0.832. The van der Waals surface area contributed by atoms with Gasteiger partial charge >= 0.3 is 5.97 Å². The lowest BCUT2D eigenvalue weighted by Crippen LogP contribution is -2.40. The maximum absolute atomic E-state index is 12.2. The Morgan fingerprint density at radius 3 is 2.96 bits per heavy atom. The summed E-state index contributed by atoms with van der Waals surface area (Å²) in [6, 6.07) is 0.221. The number of thiophene rings is 1. The van der Waals surface area contributed by atoms with Gasteiger partial charge in [-0.05, 0) is 56.7 Å². The number of rotatable bonds is 5. The minimum absolute atomic E-state index is 0.139. The number of anilines is 1. The molecule has 1 aliphatic rings. The molecule has 2 aromatic heterocycles. The van der Waals surface area contributed by atoms with Gasteiger partial charge in [0.1, 0.15) is 15.5 Å². The van der Waals surface area contributed by atoms with Crippen molar-refractivity contribution in [3.63, 3.8) is 0 Å². The van der Waals surface area contributed by atoms with Gasteiger partial charge in [-0.2, -0.15) is 4.98 Å². The lowest BCUT2D eigenvalue weighted by Gasteiger charge is -2.37. The summed E-state index contributed by atoms with van der Waals surface area (Å²) in [6.07, 6.45) is 3.91. The first kappa shape index (κ1) is 18.4. The van der Waals surface area contributed by atoms with E-state index < -0.39 is 0 Å². The van der Waals surface area contributed by atoms with Gasteiger partial charge in [0, 0.05) is 19.2 Å². The van der Waals surface area contributed by atoms with Crippen LogP contribution < -0.4 is 4.90 Å². The van der Waals surface area contributed by atoms with Crippen LogP contribution in [0.15, 0.2) is 0 Å². The maximum Gasteiger partial charge on any atom is 0.348 e. The first-order chi connectivity index (χ1) is 12.1. The fourth-order valence-corrected chi connectivity index (χ4v) is 4.70. The van der Waals surface area contributed by atoms with Crippen molar-refractivity contribution in [1.29, 1.82) is 0 Å². The van der Waals surface area contributed by atoms with Crippen LogP contribution in [0.4, 0.5) is 5.82 Å². The number of nitrogens with zero attached hydrogens (tertiary/aromatic N) is 3. The zero-order valence-electron chi connectivity index (χ0n) is 14.4. The molecule has 3 rings (SSSR count). The van der Waals surface area contributed by atoms with Crippen molar-refractivity contribution in [3.05, 3.63) is 15.7 Å². The third-order valence-electron chi connectivity index (χ3n) is 4.57. The van der Waals surface area contributed by atoms with E-state index in [0.717, 1.165) is 42.6 Å². The Morgan fingerprint density at radius 1 is 1.44 bits per heavy atom. The van der Waals surface area contributed by atoms with Crippen molar-refractivity contribution in [3.8, 4) is 0 Å². The Balaban J connectivity index is 2.12. The zero-order valence-corrected chi connectivity index (χ0v) is 16.0. The van der Waals surface area contributed by atoms with Crippen LogP contribution >= 0.6 is 22.9 Å². The second kappa shape index (κ2) is 7.85. The van der Waals surface area contributed by atoms with Crippen molar-refractivity contribution in [2.45, 2.75) is 45.6 Å². The van der Waals surface area contributed by atoms with Crippen LogP contribution in [0.5, 0.6) is 0 Å². The number of carbonyl (C=O) groups excluding carboxylic acids is 1. The quantitative estimate of drug-likeness (QED) is 0.628. The molecule has 1 N–H and O–H groups in total. The largest absolute Gasteiger partial charge is 0.462 e. The summed E-state index contributed by atoms with van der Waals surface area (Å²) in [5.74, 6) is 0.424. The van der Waals surface area contributed by atoms with Gasteiger partial charge in [-0.15, -0.1) is 11.3 Å². The Hall–Kier alpha value is -1.44. The molecule has 0 aromatic carbocycles. The molecular weight excluding hydrogens is 362 g/mol. The van der Waals surface area contributed by atoms with Crippen LogP contribution in [0.1, 0.15) is 47.8 Å². The van der Waals surface area contributed by atoms with Gasteiger partial charge < -0.3 is 14.7 Å². The summed E-state index contributed by atoms with van der Waals surface area (Å²) in [5, 5.41) is 10.4. The summed E-state index contributed by atoms with van der Waals surface area (Å²) in [7, 11) is 0. The molecule has 6 nitrogen and oxygen atoms in total. The van der Waals surface area contributed by atoms with Gasteiger partial charge in [0.25, 0.3) is 0 Å². The van der Waals surface area contributed by atoms with E-state index in [-0.39, 0.29) is 23.9 Å². The topological polar surface area (TPSA) is 75.5 Å². The number of hydrogen-bond donors (Lipinski definition) is 1. The number of aliphatic hydroxyl groups excluding tert-OH is 1. The molecule has 8 heteroatoms. The SMILES string of the molecule is CCOC(=O)c1sc2nc(Cl)nc(N3CCCCC3CCO)c2c1C. The second-order valence-corrected chi connectivity index (χ2v) is 7.47. The minimum Gasteiger partial charge on any atom is -0.462 e. The highest BCUT2D eigenvalue weighted by atomic mass is 35.5. The molecule has 1 fully saturated rings. The average Bonchev–Trinajstić information content (AvgIpc) is 2.92. The van der Waals surface area contributed by atoms with Crippen molar-refractivity contribution in [2.75, 3.05) is 24.7 Å². The van der Waals surface area contributed by atoms with Crippen LogP contribution in [-0.4, -0.2) is 46.8 Å². The second-order valence-electron chi connectivity index (χ2n) is 6.13. The van der Waals surface area contributed by atoms with Crippen molar-refractivity contribution >= 4 is 44.9 Å². The number of ether oxygens (including phenoxy) is 1. The molecule has 0 saturated carbocycles. The third kappa shape index (κ3) is 3.59. The van der Waals surface area contributed by atoms with Gasteiger partial charge in [0.15, 0.2) is 0 Å². The molecular formula is C17H22ClN3O3S. The van der Waals surface area contributed by atoms with E-state index in [1.54, 1.807) is 6.92 Å². The first-order valence-corrected chi connectivity index (χ1v) is 9.77. The van der Waals surface area contributed by atoms with Gasteiger partial charge in [-0.3, -0.25) is 0 Å². The average molecular weight is 384 g/mol. The molecule has 1 aliphatic heterocycles. The van der Waals surface area contributed by atoms with Crippen LogP contribution in [0.2, 0.25) is 5.28 Å². The summed E-state index contributed by atoms with van der Waals surface area (Å²) < 4.78 is 5.16. The highest BCUT2D eigenvalue weighted by Crippen LogP contribution is 2.38. The summed E-state index contributed by atoms with van der Waals surface area (Å²) in [4.78, 5) is 24.5. The highest BCUT2D eigenvalue weighted by Gasteiger charge is 2.28. The predicted octanol–water partition coefficient (Wildman–Crippen LogP) is 3.57. The van der Waals surface area contributed by atoms with E-state index in [4.69, 9.17) is 16.3 Å². The number of esters is 1. The molecule has 1 unspecified atom stereocenters. The standard InChI is InChI=1S/C17H22ClN3O3S/c1-3-24-16(23)13-10(2)12-14(19-17(18)20-15(12)25-13)21-8-5-4-6-11(21)7-9-22/h11,22H,3-9H2,1-2H3. The lowest BCUT2D eigenvalue weighted by molar-refractivity contribution is 0.0531. The predicted molar refractivity (Wildman–Crippen MR) is 99.8 cm³/mol. The number of fused-ring (bicyclic) bond motifs is 1. The zero-order chi connectivity index (χ0) is 18.0. The maximum atomic E-state index is 12.2. The first-order valence-electron chi connectivity index (χ1n) is 8.58. The van der Waals surface area contributed by atoms with E-state index in [9.17, 15) is 9.90 Å². The molecule has 1 saturated heterocycles. The lowest BCUT2D eigenvalue weighted by atomic mass is 9.99. The number of halogens is 1. The Kier molecular flexibility index (Phi) is 5.76. The third-order valence-corrected chi connectivity index (χ3v) is 5.90. The van der Waals surface area contributed by atoms with Crippen molar-refractivity contribution in [1.82, 2.24) is 9.97 Å². The number of carbonyl (C=O) groups is 1. The van der Waals surface area contributed by atoms with Crippen molar-refractivity contribution < 1.29 is 14.6 Å². The Morgan fingerprint density at radius 2 is 2.24 bits per heavy atom. The van der Waals surface area contributed by atoms with E-state index in [1.807, 2.05) is 6.92 Å². The summed E-state index contributed by atoms with van der Waals surface area (Å²) in [6.45, 7) is 5.01. The van der Waals surface area contributed by atoms with Gasteiger partial charge in [0.2, 0.25) is 5.28 Å². The molecule has 136 valence electrons. The monoisotopic (exact) mass is 383 g/mol. The van der Waals surface area contributed by atoms with Gasteiger partial charge in [-0.25, -0.2) is 9.78 Å². The van der Waals surface area contributed by atoms with E-state index in [0.29, 0.717) is 22.7 Å². The molecule has 3 heterocycles. The smallest absolute Gasteiger partial charge is 0.348 e. The van der Waals surface area contributed by atoms with E-state index in [2.05, 4.69) is 14.9 Å². The summed E-state index contributed by atoms with van der Waals surface area (Å²) >= 11 is 7.46. The number of aliphatic hydroxyl groups is 1. The number of aryl methyl sites for hydroxylation is 1. The van der Waals surface area contributed by atoms with Crippen LogP contribution in [0, 0.1) is 6.92 Å². The molecule has 0 amide bonds.